The van der Waals surface area contributed by atoms with Gasteiger partial charge in [-0.25, -0.2) is 0 Å². The predicted molar refractivity (Wildman–Crippen MR) is 73.9 cm³/mol. The van der Waals surface area contributed by atoms with E-state index in [1.165, 1.54) is 0 Å². The molecule has 0 aromatic heterocycles. The minimum atomic E-state index is -0.269. The van der Waals surface area contributed by atoms with Crippen LogP contribution in [-0.2, 0) is 0 Å². The van der Waals surface area contributed by atoms with E-state index < -0.39 is 0 Å². The molecule has 1 fully saturated rings. The van der Waals surface area contributed by atoms with Crippen LogP contribution in [-0.4, -0.2) is 43.0 Å². The zero-order valence-electron chi connectivity index (χ0n) is 10.2. The summed E-state index contributed by atoms with van der Waals surface area (Å²) in [5.74, 6) is 0. The molecule has 0 bridgehead atoms. The Bertz CT molecular complexity index is 442. The Morgan fingerprint density at radius 1 is 1.11 bits per heavy atom. The minimum absolute atomic E-state index is 0.269. The number of nitrogens with zero attached hydrogens (tertiary/aromatic N) is 3. The van der Waals surface area contributed by atoms with Gasteiger partial charge in [0.2, 0.25) is 0 Å². The number of halogens is 2. The molecule has 96 valence electrons. The molecule has 5 heteroatoms. The maximum absolute atomic E-state index is 9.39. The summed E-state index contributed by atoms with van der Waals surface area (Å²) >= 11 is 12.0. The van der Waals surface area contributed by atoms with Crippen molar-refractivity contribution in [1.82, 2.24) is 9.80 Å². The fourth-order valence-electron chi connectivity index (χ4n) is 2.18. The predicted octanol–water partition coefficient (Wildman–Crippen LogP) is 2.81. The van der Waals surface area contributed by atoms with Crippen molar-refractivity contribution >= 4 is 23.2 Å². The summed E-state index contributed by atoms with van der Waals surface area (Å²) in [5, 5.41) is 10.5. The molecule has 3 nitrogen and oxygen atoms in total. The van der Waals surface area contributed by atoms with Crippen LogP contribution < -0.4 is 0 Å². The van der Waals surface area contributed by atoms with Gasteiger partial charge < -0.3 is 4.90 Å². The van der Waals surface area contributed by atoms with Gasteiger partial charge in [0, 0.05) is 36.2 Å². The second-order valence-corrected chi connectivity index (χ2v) is 5.45. The van der Waals surface area contributed by atoms with E-state index in [0.29, 0.717) is 10.0 Å². The average Bonchev–Trinajstić information content (AvgIpc) is 2.31. The number of benzene rings is 1. The van der Waals surface area contributed by atoms with Crippen molar-refractivity contribution in [2.45, 2.75) is 6.04 Å². The highest BCUT2D eigenvalue weighted by Gasteiger charge is 2.24. The van der Waals surface area contributed by atoms with Gasteiger partial charge >= 0.3 is 0 Å². The first-order valence-electron chi connectivity index (χ1n) is 5.88. The molecule has 1 saturated heterocycles. The molecule has 0 spiro atoms. The molecule has 2 rings (SSSR count). The fourth-order valence-corrected chi connectivity index (χ4v) is 2.72. The molecule has 1 aliphatic heterocycles. The summed E-state index contributed by atoms with van der Waals surface area (Å²) in [4.78, 5) is 4.43. The van der Waals surface area contributed by atoms with Crippen LogP contribution in [0.4, 0.5) is 0 Å². The lowest BCUT2D eigenvalue weighted by molar-refractivity contribution is 0.133. The highest BCUT2D eigenvalue weighted by molar-refractivity contribution is 6.34. The first-order valence-corrected chi connectivity index (χ1v) is 6.64. The SMILES string of the molecule is CN1CCN(C(C#N)c2cc(Cl)cc(Cl)c2)CC1. The van der Waals surface area contributed by atoms with Crippen LogP contribution in [0, 0.1) is 11.3 Å². The van der Waals surface area contributed by atoms with E-state index in [1.54, 1.807) is 6.07 Å². The van der Waals surface area contributed by atoms with Gasteiger partial charge in [-0.05, 0) is 30.8 Å². The Hall–Kier alpha value is -0.790. The summed E-state index contributed by atoms with van der Waals surface area (Å²) in [5.41, 5.74) is 0.875. The Morgan fingerprint density at radius 3 is 2.17 bits per heavy atom. The van der Waals surface area contributed by atoms with E-state index in [1.807, 2.05) is 12.1 Å². The Morgan fingerprint density at radius 2 is 1.67 bits per heavy atom. The van der Waals surface area contributed by atoms with Gasteiger partial charge in [0.15, 0.2) is 0 Å². The van der Waals surface area contributed by atoms with Crippen molar-refractivity contribution in [3.8, 4) is 6.07 Å². The molecule has 1 atom stereocenters. The van der Waals surface area contributed by atoms with Gasteiger partial charge in [-0.1, -0.05) is 23.2 Å². The summed E-state index contributed by atoms with van der Waals surface area (Å²) in [6.45, 7) is 3.73. The smallest absolute Gasteiger partial charge is 0.124 e. The maximum Gasteiger partial charge on any atom is 0.124 e. The summed E-state index contributed by atoms with van der Waals surface area (Å²) in [7, 11) is 2.09. The average molecular weight is 284 g/mol. The molecule has 0 N–H and O–H groups in total. The van der Waals surface area contributed by atoms with Crippen LogP contribution in [0.25, 0.3) is 0 Å². The summed E-state index contributed by atoms with van der Waals surface area (Å²) < 4.78 is 0. The molecule has 1 aromatic rings. The van der Waals surface area contributed by atoms with Crippen molar-refractivity contribution < 1.29 is 0 Å². The number of piperazine rings is 1. The Kier molecular flexibility index (Phi) is 4.47. The zero-order chi connectivity index (χ0) is 13.1. The van der Waals surface area contributed by atoms with E-state index in [0.717, 1.165) is 31.7 Å². The number of hydrogen-bond donors (Lipinski definition) is 0. The van der Waals surface area contributed by atoms with Crippen LogP contribution >= 0.6 is 23.2 Å². The molecule has 1 unspecified atom stereocenters. The zero-order valence-corrected chi connectivity index (χ0v) is 11.7. The summed E-state index contributed by atoms with van der Waals surface area (Å²) in [6, 6.07) is 7.40. The maximum atomic E-state index is 9.39. The van der Waals surface area contributed by atoms with Crippen LogP contribution in [0.15, 0.2) is 18.2 Å². The normalized spacial score (nSPS) is 19.4. The first kappa shape index (κ1) is 13.6. The molecule has 1 heterocycles. The van der Waals surface area contributed by atoms with Crippen LogP contribution in [0.1, 0.15) is 11.6 Å². The molecule has 0 radical (unpaired) electrons. The molecule has 18 heavy (non-hydrogen) atoms. The van der Waals surface area contributed by atoms with Crippen molar-refractivity contribution in [2.75, 3.05) is 33.2 Å². The summed E-state index contributed by atoms with van der Waals surface area (Å²) in [6.07, 6.45) is 0. The lowest BCUT2D eigenvalue weighted by Gasteiger charge is -2.35. The van der Waals surface area contributed by atoms with E-state index in [4.69, 9.17) is 23.2 Å². The molecule has 1 aliphatic rings. The van der Waals surface area contributed by atoms with Crippen molar-refractivity contribution in [3.63, 3.8) is 0 Å². The Labute approximate surface area is 117 Å². The van der Waals surface area contributed by atoms with Gasteiger partial charge in [-0.3, -0.25) is 4.90 Å². The van der Waals surface area contributed by atoms with Crippen molar-refractivity contribution in [3.05, 3.63) is 33.8 Å². The second kappa shape index (κ2) is 5.90. The van der Waals surface area contributed by atoms with Gasteiger partial charge in [0.25, 0.3) is 0 Å². The highest BCUT2D eigenvalue weighted by Crippen LogP contribution is 2.27. The largest absolute Gasteiger partial charge is 0.304 e. The van der Waals surface area contributed by atoms with Gasteiger partial charge in [0.1, 0.15) is 6.04 Å². The monoisotopic (exact) mass is 283 g/mol. The number of hydrogen-bond acceptors (Lipinski definition) is 3. The lowest BCUT2D eigenvalue weighted by atomic mass is 10.1. The number of nitriles is 1. The van der Waals surface area contributed by atoms with Gasteiger partial charge in [0.05, 0.1) is 6.07 Å². The lowest BCUT2D eigenvalue weighted by Crippen LogP contribution is -2.45. The van der Waals surface area contributed by atoms with Crippen molar-refractivity contribution in [2.24, 2.45) is 0 Å². The molecular weight excluding hydrogens is 269 g/mol. The van der Waals surface area contributed by atoms with Crippen LogP contribution in [0.2, 0.25) is 10.0 Å². The topological polar surface area (TPSA) is 30.3 Å². The fraction of sp³-hybridized carbons (Fsp3) is 0.462. The third-order valence-electron chi connectivity index (χ3n) is 3.23. The molecule has 0 aliphatic carbocycles. The molecule has 0 amide bonds. The van der Waals surface area contributed by atoms with E-state index in [9.17, 15) is 5.26 Å². The standard InChI is InChI=1S/C13H15Cl2N3/c1-17-2-4-18(5-3-17)13(9-16)10-6-11(14)8-12(15)7-10/h6-8,13H,2-5H2,1H3. The minimum Gasteiger partial charge on any atom is -0.304 e. The van der Waals surface area contributed by atoms with E-state index in [-0.39, 0.29) is 6.04 Å². The Balaban J connectivity index is 2.20. The van der Waals surface area contributed by atoms with Crippen LogP contribution in [0.3, 0.4) is 0 Å². The third kappa shape index (κ3) is 3.15. The quantitative estimate of drug-likeness (QED) is 0.836. The van der Waals surface area contributed by atoms with Crippen molar-refractivity contribution in [1.29, 1.82) is 5.26 Å². The van der Waals surface area contributed by atoms with Crippen LogP contribution in [0.5, 0.6) is 0 Å². The van der Waals surface area contributed by atoms with Gasteiger partial charge in [-0.2, -0.15) is 5.26 Å². The highest BCUT2D eigenvalue weighted by atomic mass is 35.5. The number of rotatable bonds is 2. The van der Waals surface area contributed by atoms with Gasteiger partial charge in [-0.15, -0.1) is 0 Å². The second-order valence-electron chi connectivity index (χ2n) is 4.57. The molecule has 1 aromatic carbocycles. The number of likely N-dealkylation sites (N-methyl/N-ethyl adjacent to an activating group) is 1. The molecule has 0 saturated carbocycles. The third-order valence-corrected chi connectivity index (χ3v) is 3.66. The van der Waals surface area contributed by atoms with E-state index >= 15 is 0 Å². The van der Waals surface area contributed by atoms with E-state index in [2.05, 4.69) is 22.9 Å². The molecular formula is C13H15Cl2N3. The first-order chi connectivity index (χ1) is 8.60.